The molecule has 0 spiro atoms. The van der Waals surface area contributed by atoms with E-state index in [0.717, 1.165) is 21.9 Å². The van der Waals surface area contributed by atoms with E-state index in [1.54, 1.807) is 0 Å². The van der Waals surface area contributed by atoms with Gasteiger partial charge in [0.25, 0.3) is 0 Å². The van der Waals surface area contributed by atoms with Crippen molar-refractivity contribution in [3.63, 3.8) is 0 Å². The van der Waals surface area contributed by atoms with Gasteiger partial charge in [-0.15, -0.1) is 22.9 Å². The summed E-state index contributed by atoms with van der Waals surface area (Å²) >= 11 is 0. The molecule has 0 bridgehead atoms. The summed E-state index contributed by atoms with van der Waals surface area (Å²) in [5, 5.41) is 2.21. The van der Waals surface area contributed by atoms with Crippen molar-refractivity contribution in [3.05, 3.63) is 48.5 Å². The molecule has 0 atom stereocenters. The molecule has 3 rings (SSSR count). The molecule has 0 fully saturated rings. The molecule has 0 N–H and O–H groups in total. The molecule has 0 saturated heterocycles. The summed E-state index contributed by atoms with van der Waals surface area (Å²) in [5.74, 6) is 0. The fourth-order valence-corrected chi connectivity index (χ4v) is 1.55. The van der Waals surface area contributed by atoms with Gasteiger partial charge in [0.2, 0.25) is 0 Å². The van der Waals surface area contributed by atoms with Crippen LogP contribution in [0.25, 0.3) is 21.9 Å². The van der Waals surface area contributed by atoms with Gasteiger partial charge in [-0.2, -0.15) is 36.4 Å². The third-order valence-electron chi connectivity index (χ3n) is 2.16. The Hall–Kier alpha value is 0.448. The van der Waals surface area contributed by atoms with E-state index in [4.69, 9.17) is 4.42 Å². The summed E-state index contributed by atoms with van der Waals surface area (Å²) in [5.41, 5.74) is 1.82. The van der Waals surface area contributed by atoms with Gasteiger partial charge in [-0.3, -0.25) is 0 Å². The van der Waals surface area contributed by atoms with E-state index in [0.29, 0.717) is 0 Å². The van der Waals surface area contributed by atoms with Crippen LogP contribution in [-0.4, -0.2) is 0 Å². The van der Waals surface area contributed by atoms with Gasteiger partial charge in [0.15, 0.2) is 0 Å². The van der Waals surface area contributed by atoms with Crippen molar-refractivity contribution < 1.29 is 69.8 Å². The Morgan fingerprint density at radius 1 is 0.800 bits per heavy atom. The zero-order valence-electron chi connectivity index (χ0n) is 8.03. The molecule has 0 aliphatic rings. The van der Waals surface area contributed by atoms with Crippen LogP contribution in [0.15, 0.2) is 40.8 Å². The molecule has 2 aromatic carbocycles. The van der Waals surface area contributed by atoms with Crippen LogP contribution in [0.1, 0.15) is 0 Å². The summed E-state index contributed by atoms with van der Waals surface area (Å²) in [6.45, 7) is 0. The number of rotatable bonds is 0. The number of furan rings is 1. The van der Waals surface area contributed by atoms with E-state index >= 15 is 0 Å². The molecular weight excluding hydrogens is 338 g/mol. The molecule has 1 nitrogen and oxygen atoms in total. The first-order valence-electron chi connectivity index (χ1n) is 4.13. The van der Waals surface area contributed by atoms with Crippen molar-refractivity contribution in [1.82, 2.24) is 0 Å². The third kappa shape index (κ3) is 2.41. The molecule has 0 unspecified atom stereocenters. The van der Waals surface area contributed by atoms with E-state index in [-0.39, 0.29) is 65.4 Å². The molecule has 3 aromatic rings. The maximum atomic E-state index is 5.61. The second kappa shape index (κ2) is 5.68. The summed E-state index contributed by atoms with van der Waals surface area (Å²) in [7, 11) is 0. The fourth-order valence-electron chi connectivity index (χ4n) is 1.55. The molecule has 3 heteroatoms. The van der Waals surface area contributed by atoms with E-state index < -0.39 is 0 Å². The smallest absolute Gasteiger partial charge is 0.0126 e. The van der Waals surface area contributed by atoms with Crippen molar-refractivity contribution in [1.29, 1.82) is 0 Å². The summed E-state index contributed by atoms with van der Waals surface area (Å²) in [6, 6.07) is 17.5. The molecular formula is C12H6OY2-2. The molecule has 0 aliphatic carbocycles. The van der Waals surface area contributed by atoms with E-state index in [2.05, 4.69) is 12.1 Å². The molecule has 15 heavy (non-hydrogen) atoms. The van der Waals surface area contributed by atoms with Gasteiger partial charge >= 0.3 is 0 Å². The molecule has 0 saturated carbocycles. The Kier molecular flexibility index (Phi) is 5.12. The minimum absolute atomic E-state index is 0. The first kappa shape index (κ1) is 13.5. The number of benzene rings is 2. The van der Waals surface area contributed by atoms with Crippen LogP contribution in [0.5, 0.6) is 0 Å². The first-order chi connectivity index (χ1) is 6.45. The predicted molar refractivity (Wildman–Crippen MR) is 51.4 cm³/mol. The van der Waals surface area contributed by atoms with Gasteiger partial charge < -0.3 is 4.42 Å². The van der Waals surface area contributed by atoms with Gasteiger partial charge in [0, 0.05) is 76.6 Å². The molecule has 0 aliphatic heterocycles. The van der Waals surface area contributed by atoms with Gasteiger partial charge in [-0.1, -0.05) is 0 Å². The monoisotopic (exact) mass is 344 g/mol. The van der Waals surface area contributed by atoms with Crippen LogP contribution in [0, 0.1) is 12.1 Å². The third-order valence-corrected chi connectivity index (χ3v) is 2.16. The SMILES string of the molecule is [Y].[Y].[c-]1ccc2oc3cc[c-]cc3c2c1. The average Bonchev–Trinajstić information content (AvgIpc) is 2.56. The standard InChI is InChI=1S/C12H6O.2Y/c1-3-7-11-9(5-1)10-6-2-4-8-12(10)13-11;;/h3-8H;;/q-2;;. The van der Waals surface area contributed by atoms with Crippen LogP contribution < -0.4 is 0 Å². The molecule has 1 aromatic heterocycles. The van der Waals surface area contributed by atoms with Crippen LogP contribution in [-0.2, 0) is 65.4 Å². The zero-order valence-corrected chi connectivity index (χ0v) is 13.7. The number of fused-ring (bicyclic) bond motifs is 3. The summed E-state index contributed by atoms with van der Waals surface area (Å²) < 4.78 is 5.61. The minimum Gasteiger partial charge on any atom is -0.509 e. The summed E-state index contributed by atoms with van der Waals surface area (Å²) in [6.07, 6.45) is 0. The summed E-state index contributed by atoms with van der Waals surface area (Å²) in [4.78, 5) is 0. The maximum absolute atomic E-state index is 5.61. The van der Waals surface area contributed by atoms with Crippen LogP contribution >= 0.6 is 0 Å². The number of hydrogen-bond donors (Lipinski definition) is 0. The van der Waals surface area contributed by atoms with Crippen molar-refractivity contribution >= 4 is 21.9 Å². The molecule has 0 amide bonds. The quantitative estimate of drug-likeness (QED) is 0.571. The van der Waals surface area contributed by atoms with E-state index in [1.165, 1.54) is 0 Å². The molecule has 2 radical (unpaired) electrons. The Morgan fingerprint density at radius 3 is 1.73 bits per heavy atom. The topological polar surface area (TPSA) is 13.1 Å². The van der Waals surface area contributed by atoms with Crippen LogP contribution in [0.2, 0.25) is 0 Å². The van der Waals surface area contributed by atoms with Gasteiger partial charge in [0.1, 0.15) is 0 Å². The largest absolute Gasteiger partial charge is 0.509 e. The second-order valence-electron chi connectivity index (χ2n) is 2.95. The Balaban J connectivity index is 0.000000562. The van der Waals surface area contributed by atoms with Gasteiger partial charge in [-0.05, 0) is 0 Å². The second-order valence-corrected chi connectivity index (χ2v) is 2.95. The Morgan fingerprint density at radius 2 is 1.27 bits per heavy atom. The van der Waals surface area contributed by atoms with Crippen molar-refractivity contribution in [2.45, 2.75) is 0 Å². The zero-order chi connectivity index (χ0) is 8.67. The number of hydrogen-bond acceptors (Lipinski definition) is 1. The molecule has 68 valence electrons. The minimum atomic E-state index is 0. The fraction of sp³-hybridized carbons (Fsp3) is 0. The first-order valence-corrected chi connectivity index (χ1v) is 4.13. The normalized spacial score (nSPS) is 9.60. The van der Waals surface area contributed by atoms with Crippen molar-refractivity contribution in [2.24, 2.45) is 0 Å². The van der Waals surface area contributed by atoms with Crippen LogP contribution in [0.4, 0.5) is 0 Å². The van der Waals surface area contributed by atoms with Crippen molar-refractivity contribution in [2.75, 3.05) is 0 Å². The van der Waals surface area contributed by atoms with Gasteiger partial charge in [0.05, 0.1) is 0 Å². The van der Waals surface area contributed by atoms with E-state index in [1.807, 2.05) is 36.4 Å². The predicted octanol–water partition coefficient (Wildman–Crippen LogP) is 3.18. The van der Waals surface area contributed by atoms with E-state index in [9.17, 15) is 0 Å². The Labute approximate surface area is 138 Å². The van der Waals surface area contributed by atoms with Crippen molar-refractivity contribution in [3.8, 4) is 0 Å². The maximum Gasteiger partial charge on any atom is 0.0126 e. The van der Waals surface area contributed by atoms with Crippen LogP contribution in [0.3, 0.4) is 0 Å². The Bertz CT molecular complexity index is 521. The average molecular weight is 344 g/mol. The van der Waals surface area contributed by atoms with Gasteiger partial charge in [-0.25, -0.2) is 0 Å². The molecule has 1 heterocycles.